The number of aryl methyl sites for hydroxylation is 2. The number of benzene rings is 2. The Morgan fingerprint density at radius 3 is 2.61 bits per heavy atom. The maximum atomic E-state index is 12.9. The second kappa shape index (κ2) is 8.74. The van der Waals surface area contributed by atoms with Crippen molar-refractivity contribution in [1.29, 1.82) is 0 Å². The van der Waals surface area contributed by atoms with Gasteiger partial charge in [-0.05, 0) is 50.5 Å². The third-order valence-electron chi connectivity index (χ3n) is 4.96. The van der Waals surface area contributed by atoms with E-state index in [-0.39, 0.29) is 22.9 Å². The van der Waals surface area contributed by atoms with Crippen LogP contribution in [-0.4, -0.2) is 23.6 Å². The highest BCUT2D eigenvalue weighted by Gasteiger charge is 2.17. The van der Waals surface area contributed by atoms with Gasteiger partial charge >= 0.3 is 0 Å². The Labute approximate surface area is 165 Å². The molecular formula is C23H26N2O3. The van der Waals surface area contributed by atoms with Crippen LogP contribution in [0.15, 0.2) is 59.5 Å². The van der Waals surface area contributed by atoms with Gasteiger partial charge in [0.15, 0.2) is 0 Å². The summed E-state index contributed by atoms with van der Waals surface area (Å²) in [5, 5.41) is 3.46. The fraction of sp³-hybridized carbons (Fsp3) is 0.304. The van der Waals surface area contributed by atoms with Gasteiger partial charge in [0.05, 0.1) is 18.0 Å². The number of fused-ring (bicyclic) bond motifs is 1. The van der Waals surface area contributed by atoms with Gasteiger partial charge in [-0.2, -0.15) is 0 Å². The van der Waals surface area contributed by atoms with E-state index in [0.29, 0.717) is 17.7 Å². The maximum Gasteiger partial charge on any atom is 0.256 e. The molecule has 0 spiro atoms. The summed E-state index contributed by atoms with van der Waals surface area (Å²) in [5.74, 6) is 0.263. The molecule has 0 fully saturated rings. The molecule has 2 aromatic carbocycles. The maximum absolute atomic E-state index is 12.9. The summed E-state index contributed by atoms with van der Waals surface area (Å²) in [6.07, 6.45) is 3.33. The third kappa shape index (κ3) is 4.25. The summed E-state index contributed by atoms with van der Waals surface area (Å²) in [4.78, 5) is 25.7. The highest BCUT2D eigenvalue weighted by molar-refractivity contribution is 5.97. The number of carbonyl (C=O) groups excluding carboxylic acids is 1. The Morgan fingerprint density at radius 2 is 1.93 bits per heavy atom. The lowest BCUT2D eigenvalue weighted by Gasteiger charge is -2.16. The third-order valence-corrected chi connectivity index (χ3v) is 4.96. The average molecular weight is 378 g/mol. The molecule has 5 heteroatoms. The number of rotatable bonds is 7. The molecule has 0 saturated carbocycles. The molecule has 28 heavy (non-hydrogen) atoms. The van der Waals surface area contributed by atoms with Gasteiger partial charge in [0, 0.05) is 18.8 Å². The van der Waals surface area contributed by atoms with E-state index < -0.39 is 0 Å². The van der Waals surface area contributed by atoms with E-state index in [2.05, 4.69) is 17.4 Å². The lowest BCUT2D eigenvalue weighted by molar-refractivity contribution is 0.0937. The average Bonchev–Trinajstić information content (AvgIpc) is 2.73. The molecule has 0 aliphatic carbocycles. The van der Waals surface area contributed by atoms with Crippen molar-refractivity contribution in [3.63, 3.8) is 0 Å². The van der Waals surface area contributed by atoms with Crippen molar-refractivity contribution in [3.05, 3.63) is 76.1 Å². The zero-order valence-electron chi connectivity index (χ0n) is 16.6. The number of amides is 1. The van der Waals surface area contributed by atoms with Crippen LogP contribution in [0, 0.1) is 0 Å². The van der Waals surface area contributed by atoms with Gasteiger partial charge in [-0.15, -0.1) is 0 Å². The molecule has 1 N–H and O–H groups in total. The number of methoxy groups -OCH3 is 1. The van der Waals surface area contributed by atoms with Crippen LogP contribution in [0.2, 0.25) is 0 Å². The number of hydrogen-bond donors (Lipinski definition) is 1. The lowest BCUT2D eigenvalue weighted by Crippen LogP contribution is -2.36. The Hall–Kier alpha value is -3.08. The van der Waals surface area contributed by atoms with Crippen LogP contribution in [0.3, 0.4) is 0 Å². The van der Waals surface area contributed by atoms with E-state index in [0.717, 1.165) is 18.4 Å². The van der Waals surface area contributed by atoms with Crippen LogP contribution in [0.25, 0.3) is 10.9 Å². The summed E-state index contributed by atoms with van der Waals surface area (Å²) in [7, 11) is 1.56. The first-order valence-corrected chi connectivity index (χ1v) is 9.59. The van der Waals surface area contributed by atoms with E-state index in [4.69, 9.17) is 4.74 Å². The van der Waals surface area contributed by atoms with Gasteiger partial charge in [-0.1, -0.05) is 30.3 Å². The Kier molecular flexibility index (Phi) is 6.14. The van der Waals surface area contributed by atoms with Crippen molar-refractivity contribution in [2.45, 2.75) is 39.3 Å². The van der Waals surface area contributed by atoms with Crippen LogP contribution in [0.1, 0.15) is 36.2 Å². The summed E-state index contributed by atoms with van der Waals surface area (Å²) in [5.41, 5.74) is 1.91. The minimum absolute atomic E-state index is 0.0387. The Balaban J connectivity index is 1.82. The molecular weight excluding hydrogens is 352 g/mol. The van der Waals surface area contributed by atoms with Gasteiger partial charge < -0.3 is 14.6 Å². The summed E-state index contributed by atoms with van der Waals surface area (Å²) < 4.78 is 7.16. The number of nitrogens with zero attached hydrogens (tertiary/aromatic N) is 1. The van der Waals surface area contributed by atoms with Gasteiger partial charge in [-0.25, -0.2) is 0 Å². The van der Waals surface area contributed by atoms with E-state index in [1.54, 1.807) is 19.4 Å². The molecule has 0 saturated heterocycles. The quantitative estimate of drug-likeness (QED) is 0.681. The fourth-order valence-electron chi connectivity index (χ4n) is 3.33. The molecule has 146 valence electrons. The second-order valence-corrected chi connectivity index (χ2v) is 6.94. The van der Waals surface area contributed by atoms with E-state index in [1.807, 2.05) is 48.7 Å². The Bertz CT molecular complexity index is 1030. The molecule has 1 amide bonds. The SMILES string of the molecule is CCn1cc(C(=O)N[C@@H](C)CCc2ccccc2)c(=O)c2cc(OC)ccc21. The zero-order chi connectivity index (χ0) is 20.1. The Morgan fingerprint density at radius 1 is 1.18 bits per heavy atom. The monoisotopic (exact) mass is 378 g/mol. The number of hydrogen-bond acceptors (Lipinski definition) is 3. The molecule has 0 aliphatic rings. The van der Waals surface area contributed by atoms with Crippen molar-refractivity contribution in [3.8, 4) is 5.75 Å². The molecule has 3 aromatic rings. The minimum atomic E-state index is -0.336. The standard InChI is InChI=1S/C23H26N2O3/c1-4-25-15-20(22(26)19-14-18(28-3)12-13-21(19)25)23(27)24-16(2)10-11-17-8-6-5-7-9-17/h5-9,12-16H,4,10-11H2,1-3H3,(H,24,27)/t16-/m0/s1. The molecule has 3 rings (SSSR count). The molecule has 1 heterocycles. The highest BCUT2D eigenvalue weighted by atomic mass is 16.5. The number of pyridine rings is 1. The minimum Gasteiger partial charge on any atom is -0.497 e. The summed E-state index contributed by atoms with van der Waals surface area (Å²) in [6.45, 7) is 4.61. The molecule has 1 aromatic heterocycles. The van der Waals surface area contributed by atoms with Gasteiger partial charge in [0.2, 0.25) is 5.43 Å². The molecule has 0 unspecified atom stereocenters. The van der Waals surface area contributed by atoms with Crippen molar-refractivity contribution >= 4 is 16.8 Å². The van der Waals surface area contributed by atoms with E-state index >= 15 is 0 Å². The number of aromatic nitrogens is 1. The van der Waals surface area contributed by atoms with Gasteiger partial charge in [-0.3, -0.25) is 9.59 Å². The van der Waals surface area contributed by atoms with Crippen molar-refractivity contribution in [1.82, 2.24) is 9.88 Å². The zero-order valence-corrected chi connectivity index (χ0v) is 16.6. The smallest absolute Gasteiger partial charge is 0.256 e. The summed E-state index contributed by atoms with van der Waals surface area (Å²) >= 11 is 0. The van der Waals surface area contributed by atoms with E-state index in [1.165, 1.54) is 5.56 Å². The van der Waals surface area contributed by atoms with Crippen molar-refractivity contribution in [2.24, 2.45) is 0 Å². The topological polar surface area (TPSA) is 60.3 Å². The number of nitrogens with one attached hydrogen (secondary N) is 1. The summed E-state index contributed by atoms with van der Waals surface area (Å²) in [6, 6.07) is 15.5. The molecule has 0 aliphatic heterocycles. The van der Waals surface area contributed by atoms with Gasteiger partial charge in [0.1, 0.15) is 11.3 Å². The first kappa shape index (κ1) is 19.7. The van der Waals surface area contributed by atoms with Crippen LogP contribution in [-0.2, 0) is 13.0 Å². The predicted octanol–water partition coefficient (Wildman–Crippen LogP) is 3.78. The molecule has 1 atom stereocenters. The number of carbonyl (C=O) groups is 1. The fourth-order valence-corrected chi connectivity index (χ4v) is 3.33. The van der Waals surface area contributed by atoms with E-state index in [9.17, 15) is 9.59 Å². The van der Waals surface area contributed by atoms with Crippen molar-refractivity contribution < 1.29 is 9.53 Å². The highest BCUT2D eigenvalue weighted by Crippen LogP contribution is 2.19. The number of ether oxygens (including phenoxy) is 1. The first-order chi connectivity index (χ1) is 13.5. The first-order valence-electron chi connectivity index (χ1n) is 9.59. The lowest BCUT2D eigenvalue weighted by atomic mass is 10.1. The molecule has 0 radical (unpaired) electrons. The van der Waals surface area contributed by atoms with Crippen molar-refractivity contribution in [2.75, 3.05) is 7.11 Å². The van der Waals surface area contributed by atoms with Crippen LogP contribution in [0.4, 0.5) is 0 Å². The molecule has 5 nitrogen and oxygen atoms in total. The van der Waals surface area contributed by atoms with Crippen LogP contribution < -0.4 is 15.5 Å². The largest absolute Gasteiger partial charge is 0.497 e. The molecule has 0 bridgehead atoms. The normalized spacial score (nSPS) is 12.0. The van der Waals surface area contributed by atoms with Crippen LogP contribution in [0.5, 0.6) is 5.75 Å². The predicted molar refractivity (Wildman–Crippen MR) is 112 cm³/mol. The second-order valence-electron chi connectivity index (χ2n) is 6.94. The van der Waals surface area contributed by atoms with Crippen LogP contribution >= 0.6 is 0 Å². The van der Waals surface area contributed by atoms with Gasteiger partial charge in [0.25, 0.3) is 5.91 Å².